The van der Waals surface area contributed by atoms with Crippen LogP contribution in [-0.2, 0) is 10.0 Å². The first-order valence-corrected chi connectivity index (χ1v) is 12.0. The van der Waals surface area contributed by atoms with Crippen LogP contribution in [0.4, 0.5) is 15.2 Å². The molecule has 0 bridgehead atoms. The van der Waals surface area contributed by atoms with Crippen molar-refractivity contribution in [2.45, 2.75) is 18.5 Å². The number of hydrogen-bond donors (Lipinski definition) is 2. The van der Waals surface area contributed by atoms with Crippen LogP contribution in [0.5, 0.6) is 0 Å². The van der Waals surface area contributed by atoms with Gasteiger partial charge in [-0.05, 0) is 30.9 Å². The number of benzene rings is 1. The van der Waals surface area contributed by atoms with Crippen molar-refractivity contribution in [3.05, 3.63) is 36.3 Å². The highest BCUT2D eigenvalue weighted by Crippen LogP contribution is 2.39. The fraction of sp³-hybridized carbons (Fsp3) is 0.235. The number of nitrogen functional groups attached to an aromatic ring is 1. The summed E-state index contributed by atoms with van der Waals surface area (Å²) in [5.41, 5.74) is 6.77. The zero-order valence-corrected chi connectivity index (χ0v) is 17.6. The predicted molar refractivity (Wildman–Crippen MR) is 112 cm³/mol. The van der Waals surface area contributed by atoms with Gasteiger partial charge in [0.05, 0.1) is 27.7 Å². The highest BCUT2D eigenvalue weighted by atomic mass is 32.2. The van der Waals surface area contributed by atoms with E-state index in [0.29, 0.717) is 27.8 Å². The van der Waals surface area contributed by atoms with Crippen LogP contribution in [0, 0.1) is 5.82 Å². The Morgan fingerprint density at radius 3 is 2.79 bits per heavy atom. The van der Waals surface area contributed by atoms with Gasteiger partial charge in [-0.15, -0.1) is 0 Å². The van der Waals surface area contributed by atoms with E-state index in [-0.39, 0.29) is 22.1 Å². The van der Waals surface area contributed by atoms with Gasteiger partial charge in [-0.3, -0.25) is 4.72 Å². The van der Waals surface area contributed by atoms with E-state index in [4.69, 9.17) is 5.73 Å². The molecule has 1 aromatic carbocycles. The molecular formula is C17H18FN5O2S3. The summed E-state index contributed by atoms with van der Waals surface area (Å²) in [7, 11) is -3.63. The number of thioether (sulfide) groups is 1. The summed E-state index contributed by atoms with van der Waals surface area (Å²) >= 11 is 2.56. The van der Waals surface area contributed by atoms with Crippen LogP contribution in [0.15, 0.2) is 35.6 Å². The molecular weight excluding hydrogens is 421 g/mol. The van der Waals surface area contributed by atoms with E-state index in [1.54, 1.807) is 25.3 Å². The average molecular weight is 440 g/mol. The van der Waals surface area contributed by atoms with Crippen LogP contribution < -0.4 is 10.5 Å². The van der Waals surface area contributed by atoms with Gasteiger partial charge in [0.15, 0.2) is 16.1 Å². The molecule has 0 fully saturated rings. The van der Waals surface area contributed by atoms with Gasteiger partial charge in [-0.1, -0.05) is 36.1 Å². The van der Waals surface area contributed by atoms with E-state index in [9.17, 15) is 8.42 Å². The van der Waals surface area contributed by atoms with E-state index >= 15 is 4.39 Å². The molecule has 11 heteroatoms. The van der Waals surface area contributed by atoms with E-state index in [0.717, 1.165) is 0 Å². The molecule has 28 heavy (non-hydrogen) atoms. The van der Waals surface area contributed by atoms with Crippen LogP contribution in [0.3, 0.4) is 0 Å². The second-order valence-corrected chi connectivity index (χ2v) is 9.39. The lowest BCUT2D eigenvalue weighted by atomic mass is 10.1. The number of sulfonamides is 1. The largest absolute Gasteiger partial charge is 0.375 e. The third-order valence-corrected chi connectivity index (χ3v) is 6.63. The summed E-state index contributed by atoms with van der Waals surface area (Å²) in [6.07, 6.45) is 3.89. The molecule has 0 saturated heterocycles. The number of hydrogen-bond acceptors (Lipinski definition) is 8. The highest BCUT2D eigenvalue weighted by Gasteiger charge is 2.21. The second-order valence-electron chi connectivity index (χ2n) is 5.75. The minimum absolute atomic E-state index is 0.0933. The lowest BCUT2D eigenvalue weighted by molar-refractivity contribution is 0.597. The minimum atomic E-state index is -3.63. The number of aromatic nitrogens is 3. The van der Waals surface area contributed by atoms with E-state index in [1.165, 1.54) is 35.2 Å². The highest BCUT2D eigenvalue weighted by molar-refractivity contribution is 7.98. The quantitative estimate of drug-likeness (QED) is 0.425. The molecule has 0 unspecified atom stereocenters. The maximum Gasteiger partial charge on any atom is 0.232 e. The van der Waals surface area contributed by atoms with Gasteiger partial charge < -0.3 is 5.73 Å². The molecule has 0 atom stereocenters. The number of thiazole rings is 1. The lowest BCUT2D eigenvalue weighted by Crippen LogP contribution is -2.17. The minimum Gasteiger partial charge on any atom is -0.375 e. The Balaban J connectivity index is 2.09. The summed E-state index contributed by atoms with van der Waals surface area (Å²) < 4.78 is 41.5. The molecule has 0 spiro atoms. The van der Waals surface area contributed by atoms with Crippen molar-refractivity contribution < 1.29 is 12.8 Å². The van der Waals surface area contributed by atoms with Crippen molar-refractivity contribution in [1.29, 1.82) is 0 Å². The number of halogens is 1. The Kier molecular flexibility index (Phi) is 6.16. The summed E-state index contributed by atoms with van der Waals surface area (Å²) in [5.74, 6) is -0.808. The van der Waals surface area contributed by atoms with Crippen molar-refractivity contribution in [2.75, 3.05) is 22.5 Å². The third kappa shape index (κ3) is 4.42. The normalized spacial score (nSPS) is 11.5. The number of anilines is 2. The van der Waals surface area contributed by atoms with Crippen molar-refractivity contribution in [3.63, 3.8) is 0 Å². The molecule has 3 aromatic rings. The summed E-state index contributed by atoms with van der Waals surface area (Å²) in [6.45, 7) is 1.74. The van der Waals surface area contributed by atoms with Crippen molar-refractivity contribution in [3.8, 4) is 21.8 Å². The number of nitrogens with one attached hydrogen (secondary N) is 1. The molecule has 3 rings (SSSR count). The van der Waals surface area contributed by atoms with Crippen molar-refractivity contribution in [1.82, 2.24) is 15.0 Å². The van der Waals surface area contributed by atoms with Crippen molar-refractivity contribution in [2.24, 2.45) is 0 Å². The first-order chi connectivity index (χ1) is 13.3. The Bertz CT molecular complexity index is 1100. The van der Waals surface area contributed by atoms with Gasteiger partial charge in [0.2, 0.25) is 10.0 Å². The molecule has 148 valence electrons. The Morgan fingerprint density at radius 2 is 2.07 bits per heavy atom. The monoisotopic (exact) mass is 439 g/mol. The molecule has 7 nitrogen and oxygen atoms in total. The standard InChI is InChI=1S/C17H18FN5O2S3/c1-3-9-28(24,25)23-11-6-4-5-10(13(11)18)14-15(27-16(19)22-14)12-7-8-20-17(21-12)26-2/h4-8,23H,3,9H2,1-2H3,(H2,19,22). The molecule has 0 aliphatic carbocycles. The lowest BCUT2D eigenvalue weighted by Gasteiger charge is -2.11. The average Bonchev–Trinajstić information content (AvgIpc) is 3.05. The maximum absolute atomic E-state index is 15.1. The zero-order valence-electron chi connectivity index (χ0n) is 15.1. The second kappa shape index (κ2) is 8.41. The SMILES string of the molecule is CCCS(=O)(=O)Nc1cccc(-c2nc(N)sc2-c2ccnc(SC)n2)c1F. The maximum atomic E-state index is 15.1. The molecule has 0 saturated carbocycles. The molecule has 0 radical (unpaired) electrons. The molecule has 0 amide bonds. The van der Waals surface area contributed by atoms with Crippen LogP contribution in [0.2, 0.25) is 0 Å². The van der Waals surface area contributed by atoms with Gasteiger partial charge in [0.1, 0.15) is 0 Å². The van der Waals surface area contributed by atoms with Gasteiger partial charge >= 0.3 is 0 Å². The van der Waals surface area contributed by atoms with Crippen LogP contribution in [0.25, 0.3) is 21.8 Å². The first-order valence-electron chi connectivity index (χ1n) is 8.27. The Morgan fingerprint density at radius 1 is 1.29 bits per heavy atom. The Labute approximate surface area is 170 Å². The fourth-order valence-corrected chi connectivity index (χ4v) is 4.84. The van der Waals surface area contributed by atoms with E-state index < -0.39 is 15.8 Å². The number of rotatable bonds is 7. The van der Waals surface area contributed by atoms with Gasteiger partial charge in [-0.2, -0.15) is 0 Å². The van der Waals surface area contributed by atoms with Crippen molar-refractivity contribution >= 4 is 43.9 Å². The van der Waals surface area contributed by atoms with E-state index in [2.05, 4.69) is 19.7 Å². The van der Waals surface area contributed by atoms with Crippen LogP contribution in [0.1, 0.15) is 13.3 Å². The summed E-state index contributed by atoms with van der Waals surface area (Å²) in [6, 6.07) is 6.16. The number of nitrogens with two attached hydrogens (primary N) is 1. The molecule has 0 aliphatic rings. The van der Waals surface area contributed by atoms with Gasteiger partial charge in [0, 0.05) is 11.8 Å². The Hall–Kier alpha value is -2.24. The first kappa shape index (κ1) is 20.5. The molecule has 2 aromatic heterocycles. The van der Waals surface area contributed by atoms with Crippen LogP contribution in [-0.4, -0.2) is 35.4 Å². The smallest absolute Gasteiger partial charge is 0.232 e. The molecule has 2 heterocycles. The predicted octanol–water partition coefficient (Wildman–Crippen LogP) is 3.86. The van der Waals surface area contributed by atoms with Crippen LogP contribution >= 0.6 is 23.1 Å². The fourth-order valence-electron chi connectivity index (χ4n) is 2.54. The molecule has 3 N–H and O–H groups in total. The summed E-state index contributed by atoms with van der Waals surface area (Å²) in [5, 5.41) is 0.822. The molecule has 0 aliphatic heterocycles. The summed E-state index contributed by atoms with van der Waals surface area (Å²) in [4.78, 5) is 13.4. The van der Waals surface area contributed by atoms with Gasteiger partial charge in [0.25, 0.3) is 0 Å². The van der Waals surface area contributed by atoms with Gasteiger partial charge in [-0.25, -0.2) is 27.8 Å². The third-order valence-electron chi connectivity index (χ3n) is 3.68. The van der Waals surface area contributed by atoms with E-state index in [1.807, 2.05) is 6.26 Å². The number of nitrogens with zero attached hydrogens (tertiary/aromatic N) is 3. The zero-order chi connectivity index (χ0) is 20.3. The topological polar surface area (TPSA) is 111 Å².